The Morgan fingerprint density at radius 1 is 0.840 bits per heavy atom. The first-order valence-corrected chi connectivity index (χ1v) is 9.64. The maximum absolute atomic E-state index is 11.9. The summed E-state index contributed by atoms with van der Waals surface area (Å²) in [4.78, 5) is 0. The molecule has 0 spiro atoms. The van der Waals surface area contributed by atoms with Gasteiger partial charge in [0, 0.05) is 17.1 Å². The standard InChI is InChI=1S/C19H15ClN2O2S/c20-17-10-16-12-21-25(23,24)22-19(16)18(11-17)15-8-6-14(7-9-15)13-4-2-1-3-5-13/h1-11,21-22H,12H2. The van der Waals surface area contributed by atoms with E-state index in [9.17, 15) is 8.42 Å². The molecule has 6 heteroatoms. The third kappa shape index (κ3) is 3.26. The highest BCUT2D eigenvalue weighted by atomic mass is 35.5. The molecule has 3 aromatic rings. The van der Waals surface area contributed by atoms with Crippen molar-refractivity contribution in [2.75, 3.05) is 4.72 Å². The van der Waals surface area contributed by atoms with E-state index in [1.165, 1.54) is 0 Å². The Balaban J connectivity index is 1.79. The predicted octanol–water partition coefficient (Wildman–Crippen LogP) is 4.43. The molecule has 0 aromatic heterocycles. The largest absolute Gasteiger partial charge is 0.299 e. The minimum absolute atomic E-state index is 0.223. The van der Waals surface area contributed by atoms with Crippen LogP contribution in [-0.4, -0.2) is 8.42 Å². The molecule has 126 valence electrons. The summed E-state index contributed by atoms with van der Waals surface area (Å²) in [6, 6.07) is 21.6. The first kappa shape index (κ1) is 16.1. The van der Waals surface area contributed by atoms with Crippen LogP contribution in [0.1, 0.15) is 5.56 Å². The minimum Gasteiger partial charge on any atom is -0.270 e. The molecule has 1 aliphatic heterocycles. The maximum Gasteiger partial charge on any atom is 0.299 e. The fraction of sp³-hybridized carbons (Fsp3) is 0.0526. The van der Waals surface area contributed by atoms with Gasteiger partial charge in [-0.1, -0.05) is 66.2 Å². The summed E-state index contributed by atoms with van der Waals surface area (Å²) in [5.41, 5.74) is 5.31. The minimum atomic E-state index is -3.53. The van der Waals surface area contributed by atoms with Crippen molar-refractivity contribution in [1.29, 1.82) is 0 Å². The van der Waals surface area contributed by atoms with E-state index < -0.39 is 10.2 Å². The lowest BCUT2D eigenvalue weighted by atomic mass is 9.97. The van der Waals surface area contributed by atoms with Crippen molar-refractivity contribution in [3.05, 3.63) is 77.3 Å². The number of halogens is 1. The summed E-state index contributed by atoms with van der Waals surface area (Å²) in [7, 11) is -3.53. The number of anilines is 1. The third-order valence-corrected chi connectivity index (χ3v) is 5.39. The molecule has 0 atom stereocenters. The second-order valence-corrected chi connectivity index (χ2v) is 7.79. The zero-order valence-electron chi connectivity index (χ0n) is 13.2. The van der Waals surface area contributed by atoms with Crippen LogP contribution in [0.5, 0.6) is 0 Å². The van der Waals surface area contributed by atoms with Gasteiger partial charge < -0.3 is 0 Å². The van der Waals surface area contributed by atoms with Crippen LogP contribution in [0.2, 0.25) is 5.02 Å². The van der Waals surface area contributed by atoms with Crippen molar-refractivity contribution in [3.63, 3.8) is 0 Å². The molecule has 2 N–H and O–H groups in total. The average Bonchev–Trinajstić information content (AvgIpc) is 2.62. The van der Waals surface area contributed by atoms with Crippen LogP contribution in [0.4, 0.5) is 5.69 Å². The molecule has 4 nitrogen and oxygen atoms in total. The zero-order valence-corrected chi connectivity index (χ0v) is 14.7. The van der Waals surface area contributed by atoms with E-state index in [1.54, 1.807) is 12.1 Å². The van der Waals surface area contributed by atoms with E-state index in [-0.39, 0.29) is 6.54 Å². The van der Waals surface area contributed by atoms with Crippen LogP contribution in [0.3, 0.4) is 0 Å². The van der Waals surface area contributed by atoms with Crippen molar-refractivity contribution < 1.29 is 8.42 Å². The summed E-state index contributed by atoms with van der Waals surface area (Å²) < 4.78 is 28.8. The molecule has 0 amide bonds. The molecular formula is C19H15ClN2O2S. The number of fused-ring (bicyclic) bond motifs is 1. The lowest BCUT2D eigenvalue weighted by Gasteiger charge is -2.22. The molecule has 1 aliphatic rings. The van der Waals surface area contributed by atoms with Gasteiger partial charge in [-0.2, -0.15) is 13.1 Å². The van der Waals surface area contributed by atoms with Gasteiger partial charge in [-0.15, -0.1) is 0 Å². The first-order chi connectivity index (χ1) is 12.0. The van der Waals surface area contributed by atoms with Crippen molar-refractivity contribution in [1.82, 2.24) is 4.72 Å². The molecule has 0 saturated carbocycles. The van der Waals surface area contributed by atoms with Crippen LogP contribution in [0.25, 0.3) is 22.3 Å². The first-order valence-electron chi connectivity index (χ1n) is 7.77. The lowest BCUT2D eigenvalue weighted by Crippen LogP contribution is -2.34. The van der Waals surface area contributed by atoms with Gasteiger partial charge in [0.15, 0.2) is 0 Å². The quantitative estimate of drug-likeness (QED) is 0.700. The SMILES string of the molecule is O=S1(=O)NCc2cc(Cl)cc(-c3ccc(-c4ccccc4)cc3)c2N1. The van der Waals surface area contributed by atoms with Gasteiger partial charge in [-0.3, -0.25) is 4.72 Å². The molecule has 25 heavy (non-hydrogen) atoms. The Hall–Kier alpha value is -2.34. The van der Waals surface area contributed by atoms with Crippen LogP contribution < -0.4 is 9.44 Å². The molecule has 0 radical (unpaired) electrons. The molecule has 3 aromatic carbocycles. The average molecular weight is 371 g/mol. The van der Waals surface area contributed by atoms with E-state index in [1.807, 2.05) is 42.5 Å². The van der Waals surface area contributed by atoms with Crippen molar-refractivity contribution in [2.24, 2.45) is 0 Å². The highest BCUT2D eigenvalue weighted by Crippen LogP contribution is 2.37. The van der Waals surface area contributed by atoms with Gasteiger partial charge in [0.25, 0.3) is 10.2 Å². The number of hydrogen-bond acceptors (Lipinski definition) is 2. The Labute approximate surface area is 151 Å². The number of hydrogen-bond donors (Lipinski definition) is 2. The highest BCUT2D eigenvalue weighted by molar-refractivity contribution is 7.90. The van der Waals surface area contributed by atoms with E-state index in [0.29, 0.717) is 10.7 Å². The van der Waals surface area contributed by atoms with Crippen molar-refractivity contribution in [2.45, 2.75) is 6.54 Å². The topological polar surface area (TPSA) is 58.2 Å². The van der Waals surface area contributed by atoms with E-state index >= 15 is 0 Å². The Kier molecular flexibility index (Phi) is 4.00. The Bertz CT molecular complexity index is 1030. The molecule has 0 bridgehead atoms. The van der Waals surface area contributed by atoms with Gasteiger partial charge >= 0.3 is 0 Å². The normalized spacial score (nSPS) is 15.2. The maximum atomic E-state index is 11.9. The molecule has 0 saturated heterocycles. The van der Waals surface area contributed by atoms with Crippen molar-refractivity contribution >= 4 is 27.5 Å². The van der Waals surface area contributed by atoms with E-state index in [2.05, 4.69) is 21.6 Å². The second kappa shape index (κ2) is 6.19. The van der Waals surface area contributed by atoms with Gasteiger partial charge in [0.05, 0.1) is 5.69 Å². The van der Waals surface area contributed by atoms with Crippen molar-refractivity contribution in [3.8, 4) is 22.3 Å². The second-order valence-electron chi connectivity index (χ2n) is 5.86. The van der Waals surface area contributed by atoms with Gasteiger partial charge in [-0.05, 0) is 34.4 Å². The predicted molar refractivity (Wildman–Crippen MR) is 102 cm³/mol. The van der Waals surface area contributed by atoms with Gasteiger partial charge in [0.2, 0.25) is 0 Å². The van der Waals surface area contributed by atoms with Crippen LogP contribution in [-0.2, 0) is 16.8 Å². The molecule has 4 rings (SSSR count). The van der Waals surface area contributed by atoms with E-state index in [0.717, 1.165) is 27.8 Å². The highest BCUT2D eigenvalue weighted by Gasteiger charge is 2.23. The number of nitrogens with one attached hydrogen (secondary N) is 2. The Morgan fingerprint density at radius 2 is 1.48 bits per heavy atom. The molecule has 1 heterocycles. The number of benzene rings is 3. The molecule has 0 fully saturated rings. The van der Waals surface area contributed by atoms with Crippen LogP contribution in [0, 0.1) is 0 Å². The Morgan fingerprint density at radius 3 is 2.20 bits per heavy atom. The summed E-state index contributed by atoms with van der Waals surface area (Å²) in [5.74, 6) is 0. The van der Waals surface area contributed by atoms with E-state index in [4.69, 9.17) is 11.6 Å². The monoisotopic (exact) mass is 370 g/mol. The lowest BCUT2D eigenvalue weighted by molar-refractivity contribution is 0.584. The summed E-state index contributed by atoms with van der Waals surface area (Å²) >= 11 is 6.22. The van der Waals surface area contributed by atoms with Crippen LogP contribution >= 0.6 is 11.6 Å². The molecule has 0 unspecified atom stereocenters. The van der Waals surface area contributed by atoms with Gasteiger partial charge in [0.1, 0.15) is 0 Å². The molecule has 0 aliphatic carbocycles. The fourth-order valence-electron chi connectivity index (χ4n) is 2.97. The van der Waals surface area contributed by atoms with Crippen LogP contribution in [0.15, 0.2) is 66.7 Å². The zero-order chi connectivity index (χ0) is 17.4. The molecular weight excluding hydrogens is 356 g/mol. The smallest absolute Gasteiger partial charge is 0.270 e. The summed E-state index contributed by atoms with van der Waals surface area (Å²) in [6.07, 6.45) is 0. The summed E-state index contributed by atoms with van der Waals surface area (Å²) in [6.45, 7) is 0.223. The summed E-state index contributed by atoms with van der Waals surface area (Å²) in [5, 5.41) is 0.573. The third-order valence-electron chi connectivity index (χ3n) is 4.18. The fourth-order valence-corrected chi connectivity index (χ4v) is 4.14. The van der Waals surface area contributed by atoms with Gasteiger partial charge in [-0.25, -0.2) is 0 Å². The number of rotatable bonds is 2.